The molecule has 7 heteroatoms. The molecule has 0 bridgehead atoms. The smallest absolute Gasteiger partial charge is 0.274 e. The van der Waals surface area contributed by atoms with E-state index in [1.165, 1.54) is 6.42 Å². The van der Waals surface area contributed by atoms with Crippen LogP contribution < -0.4 is 0 Å². The fraction of sp³-hybridized carbons (Fsp3) is 0.619. The second kappa shape index (κ2) is 8.59. The molecule has 2 saturated heterocycles. The van der Waals surface area contributed by atoms with Crippen molar-refractivity contribution in [1.82, 2.24) is 19.2 Å². The number of likely N-dealkylation sites (tertiary alicyclic amines) is 1. The zero-order chi connectivity index (χ0) is 19.5. The van der Waals surface area contributed by atoms with Crippen molar-refractivity contribution >= 4 is 11.6 Å². The van der Waals surface area contributed by atoms with E-state index >= 15 is 0 Å². The number of imidazole rings is 1. The maximum atomic E-state index is 13.3. The van der Waals surface area contributed by atoms with E-state index < -0.39 is 0 Å². The first-order chi connectivity index (χ1) is 13.6. The lowest BCUT2D eigenvalue weighted by Gasteiger charge is -2.28. The van der Waals surface area contributed by atoms with Crippen LogP contribution in [-0.2, 0) is 16.0 Å². The topological polar surface area (TPSA) is 59.3 Å². The number of amides is 1. The molecule has 2 fully saturated rings. The molecule has 2 aromatic heterocycles. The molecule has 0 aliphatic carbocycles. The minimum atomic E-state index is 0.0587. The van der Waals surface area contributed by atoms with Gasteiger partial charge in [0.2, 0.25) is 0 Å². The summed E-state index contributed by atoms with van der Waals surface area (Å²) in [6, 6.07) is 4.05. The number of ether oxygens (including phenoxy) is 2. The average molecular weight is 386 g/mol. The zero-order valence-corrected chi connectivity index (χ0v) is 16.9. The van der Waals surface area contributed by atoms with Crippen molar-refractivity contribution in [2.75, 3.05) is 46.5 Å². The Hall–Kier alpha value is -1.96. The third kappa shape index (κ3) is 4.06. The van der Waals surface area contributed by atoms with Gasteiger partial charge in [-0.3, -0.25) is 9.69 Å². The Balaban J connectivity index is 1.61. The van der Waals surface area contributed by atoms with Crippen LogP contribution in [0.15, 0.2) is 18.3 Å². The molecule has 0 spiro atoms. The molecule has 0 unspecified atom stereocenters. The normalized spacial score (nSPS) is 20.8. The minimum Gasteiger partial charge on any atom is -0.376 e. The number of hydrogen-bond acceptors (Lipinski definition) is 5. The minimum absolute atomic E-state index is 0.0587. The SMILES string of the molecule is Cc1cccn2c(CN(C)C[C@@H]3COCCO3)c(C(=O)N3CCCCC3)nc12. The van der Waals surface area contributed by atoms with Crippen LogP contribution in [0, 0.1) is 6.92 Å². The van der Waals surface area contributed by atoms with E-state index in [1.807, 2.05) is 30.2 Å². The molecule has 0 radical (unpaired) electrons. The Morgan fingerprint density at radius 3 is 2.86 bits per heavy atom. The predicted molar refractivity (Wildman–Crippen MR) is 107 cm³/mol. The van der Waals surface area contributed by atoms with E-state index in [-0.39, 0.29) is 12.0 Å². The van der Waals surface area contributed by atoms with Crippen LogP contribution in [-0.4, -0.2) is 77.7 Å². The molecule has 1 amide bonds. The van der Waals surface area contributed by atoms with Gasteiger partial charge in [0.1, 0.15) is 5.65 Å². The number of carbonyl (C=O) groups excluding carboxylic acids is 1. The number of aryl methyl sites for hydroxylation is 1. The number of piperidine rings is 1. The van der Waals surface area contributed by atoms with Crippen LogP contribution in [0.2, 0.25) is 0 Å². The van der Waals surface area contributed by atoms with E-state index in [1.54, 1.807) is 0 Å². The lowest BCUT2D eigenvalue weighted by molar-refractivity contribution is -0.0963. The summed E-state index contributed by atoms with van der Waals surface area (Å²) < 4.78 is 13.4. The molecule has 28 heavy (non-hydrogen) atoms. The number of carbonyl (C=O) groups is 1. The van der Waals surface area contributed by atoms with Gasteiger partial charge in [0.25, 0.3) is 5.91 Å². The van der Waals surface area contributed by atoms with Gasteiger partial charge in [0.05, 0.1) is 31.6 Å². The Bertz CT molecular complexity index is 822. The third-order valence-corrected chi connectivity index (χ3v) is 5.61. The van der Waals surface area contributed by atoms with Gasteiger partial charge in [-0.15, -0.1) is 0 Å². The van der Waals surface area contributed by atoms with Gasteiger partial charge < -0.3 is 18.8 Å². The second-order valence-electron chi connectivity index (χ2n) is 7.91. The molecule has 0 saturated carbocycles. The first-order valence-corrected chi connectivity index (χ1v) is 10.3. The largest absolute Gasteiger partial charge is 0.376 e. The van der Waals surface area contributed by atoms with Crippen LogP contribution in [0.3, 0.4) is 0 Å². The highest BCUT2D eigenvalue weighted by atomic mass is 16.6. The zero-order valence-electron chi connectivity index (χ0n) is 16.9. The van der Waals surface area contributed by atoms with Crippen molar-refractivity contribution in [3.63, 3.8) is 0 Å². The predicted octanol–water partition coefficient (Wildman–Crippen LogP) is 2.12. The summed E-state index contributed by atoms with van der Waals surface area (Å²) >= 11 is 0. The molecule has 0 N–H and O–H groups in total. The quantitative estimate of drug-likeness (QED) is 0.788. The van der Waals surface area contributed by atoms with Crippen molar-refractivity contribution < 1.29 is 14.3 Å². The molecule has 2 aliphatic heterocycles. The van der Waals surface area contributed by atoms with Crippen molar-refractivity contribution in [1.29, 1.82) is 0 Å². The summed E-state index contributed by atoms with van der Waals surface area (Å²) in [5.41, 5.74) is 3.48. The fourth-order valence-corrected chi connectivity index (χ4v) is 4.13. The van der Waals surface area contributed by atoms with Crippen molar-refractivity contribution in [2.24, 2.45) is 0 Å². The third-order valence-electron chi connectivity index (χ3n) is 5.61. The first kappa shape index (κ1) is 19.4. The molecule has 0 aromatic carbocycles. The van der Waals surface area contributed by atoms with Crippen LogP contribution in [0.5, 0.6) is 0 Å². The molecule has 7 nitrogen and oxygen atoms in total. The van der Waals surface area contributed by atoms with Crippen LogP contribution in [0.1, 0.15) is 41.0 Å². The highest BCUT2D eigenvalue weighted by Gasteiger charge is 2.27. The molecule has 152 valence electrons. The molecule has 2 aromatic rings. The number of aromatic nitrogens is 2. The summed E-state index contributed by atoms with van der Waals surface area (Å²) in [7, 11) is 2.06. The Morgan fingerprint density at radius 2 is 2.11 bits per heavy atom. The first-order valence-electron chi connectivity index (χ1n) is 10.3. The molecule has 4 rings (SSSR count). The van der Waals surface area contributed by atoms with Gasteiger partial charge in [0, 0.05) is 32.4 Å². The number of likely N-dealkylation sites (N-methyl/N-ethyl adjacent to an activating group) is 1. The highest BCUT2D eigenvalue weighted by Crippen LogP contribution is 2.21. The lowest BCUT2D eigenvalue weighted by Crippen LogP contribution is -2.39. The molecular weight excluding hydrogens is 356 g/mol. The summed E-state index contributed by atoms with van der Waals surface area (Å²) in [5, 5.41) is 0. The fourth-order valence-electron chi connectivity index (χ4n) is 4.13. The molecule has 4 heterocycles. The van der Waals surface area contributed by atoms with Gasteiger partial charge in [-0.2, -0.15) is 0 Å². The summed E-state index contributed by atoms with van der Waals surface area (Å²) in [4.78, 5) is 22.2. The summed E-state index contributed by atoms with van der Waals surface area (Å²) in [5.74, 6) is 0.0587. The number of nitrogens with zero attached hydrogens (tertiary/aromatic N) is 4. The lowest BCUT2D eigenvalue weighted by atomic mass is 10.1. The van der Waals surface area contributed by atoms with Crippen molar-refractivity contribution in [3.05, 3.63) is 35.3 Å². The van der Waals surface area contributed by atoms with Crippen molar-refractivity contribution in [2.45, 2.75) is 38.8 Å². The molecule has 2 aliphatic rings. The maximum absolute atomic E-state index is 13.3. The van der Waals surface area contributed by atoms with E-state index in [2.05, 4.69) is 16.3 Å². The summed E-state index contributed by atoms with van der Waals surface area (Å²) in [6.07, 6.45) is 5.43. The standard InChI is InChI=1S/C21H30N4O3/c1-16-7-6-10-25-18(14-23(2)13-17-15-27-11-12-28-17)19(22-20(16)25)21(26)24-8-4-3-5-9-24/h6-7,10,17H,3-5,8-9,11-15H2,1-2H3/t17-/m1/s1. The number of rotatable bonds is 5. The van der Waals surface area contributed by atoms with E-state index in [0.717, 1.165) is 49.4 Å². The number of hydrogen-bond donors (Lipinski definition) is 0. The van der Waals surface area contributed by atoms with Crippen LogP contribution in [0.25, 0.3) is 5.65 Å². The van der Waals surface area contributed by atoms with Gasteiger partial charge in [-0.05, 0) is 44.9 Å². The van der Waals surface area contributed by atoms with E-state index in [0.29, 0.717) is 32.1 Å². The second-order valence-corrected chi connectivity index (χ2v) is 7.91. The van der Waals surface area contributed by atoms with Crippen LogP contribution >= 0.6 is 0 Å². The molecule has 1 atom stereocenters. The van der Waals surface area contributed by atoms with Gasteiger partial charge in [0.15, 0.2) is 5.69 Å². The Morgan fingerprint density at radius 1 is 1.29 bits per heavy atom. The Labute approximate surface area is 166 Å². The number of pyridine rings is 1. The van der Waals surface area contributed by atoms with Gasteiger partial charge in [-0.1, -0.05) is 6.07 Å². The monoisotopic (exact) mass is 386 g/mol. The van der Waals surface area contributed by atoms with Gasteiger partial charge >= 0.3 is 0 Å². The number of fused-ring (bicyclic) bond motifs is 1. The maximum Gasteiger partial charge on any atom is 0.274 e. The van der Waals surface area contributed by atoms with Gasteiger partial charge in [-0.25, -0.2) is 4.98 Å². The van der Waals surface area contributed by atoms with E-state index in [4.69, 9.17) is 14.5 Å². The Kier molecular flexibility index (Phi) is 5.94. The summed E-state index contributed by atoms with van der Waals surface area (Å²) in [6.45, 7) is 7.03. The average Bonchev–Trinajstić information content (AvgIpc) is 3.08. The van der Waals surface area contributed by atoms with Crippen LogP contribution in [0.4, 0.5) is 0 Å². The highest BCUT2D eigenvalue weighted by molar-refractivity contribution is 5.94. The van der Waals surface area contributed by atoms with E-state index in [9.17, 15) is 4.79 Å². The van der Waals surface area contributed by atoms with Crippen molar-refractivity contribution in [3.8, 4) is 0 Å². The molecular formula is C21H30N4O3.